The Morgan fingerprint density at radius 3 is 2.52 bits per heavy atom. The van der Waals surface area contributed by atoms with Crippen LogP contribution in [-0.2, 0) is 0 Å². The maximum Gasteiger partial charge on any atom is 0.165 e. The van der Waals surface area contributed by atoms with Gasteiger partial charge < -0.3 is 10.6 Å². The molecular formula is C19H16BrN7. The van der Waals surface area contributed by atoms with Crippen molar-refractivity contribution in [1.29, 1.82) is 0 Å². The number of rotatable bonds is 3. The summed E-state index contributed by atoms with van der Waals surface area (Å²) in [6, 6.07) is 9.92. The third-order valence-electron chi connectivity index (χ3n) is 4.13. The third kappa shape index (κ3) is 3.31. The van der Waals surface area contributed by atoms with Gasteiger partial charge in [0.2, 0.25) is 0 Å². The van der Waals surface area contributed by atoms with Crippen LogP contribution >= 0.6 is 15.9 Å². The Kier molecular flexibility index (Phi) is 4.41. The first kappa shape index (κ1) is 17.3. The van der Waals surface area contributed by atoms with Gasteiger partial charge in [-0.1, -0.05) is 28.1 Å². The predicted octanol–water partition coefficient (Wildman–Crippen LogP) is 3.56. The largest absolute Gasteiger partial charge is 0.383 e. The molecule has 2 N–H and O–H groups in total. The van der Waals surface area contributed by atoms with Crippen molar-refractivity contribution in [3.05, 3.63) is 53.5 Å². The molecule has 0 fully saturated rings. The molecule has 0 saturated carbocycles. The minimum atomic E-state index is 0.392. The van der Waals surface area contributed by atoms with Crippen molar-refractivity contribution in [3.8, 4) is 22.5 Å². The van der Waals surface area contributed by atoms with Gasteiger partial charge in [-0.15, -0.1) is 0 Å². The topological polar surface area (TPSA) is 93.7 Å². The van der Waals surface area contributed by atoms with Crippen molar-refractivity contribution in [2.75, 3.05) is 24.7 Å². The number of benzene rings is 1. The summed E-state index contributed by atoms with van der Waals surface area (Å²) in [5.41, 5.74) is 9.88. The number of nitrogens with zero attached hydrogens (tertiary/aromatic N) is 6. The van der Waals surface area contributed by atoms with Crippen molar-refractivity contribution < 1.29 is 0 Å². The summed E-state index contributed by atoms with van der Waals surface area (Å²) in [5.74, 6) is 1.17. The van der Waals surface area contributed by atoms with Crippen molar-refractivity contribution in [2.45, 2.75) is 0 Å². The van der Waals surface area contributed by atoms with Gasteiger partial charge in [-0.25, -0.2) is 24.9 Å². The standard InChI is InChI=1S/C19H16BrN7/c1-27(2)16-9-22-15(8-23-16)14-7-13(11-4-3-5-12(20)6-11)17-18(21)24-10-25-19(17)26-14/h3-10H,1-2H3,(H2,21,24,25,26). The number of nitrogen functional groups attached to an aromatic ring is 1. The van der Waals surface area contributed by atoms with Crippen LogP contribution in [-0.4, -0.2) is 39.0 Å². The average molecular weight is 422 g/mol. The van der Waals surface area contributed by atoms with E-state index in [2.05, 4.69) is 40.8 Å². The highest BCUT2D eigenvalue weighted by molar-refractivity contribution is 9.10. The smallest absolute Gasteiger partial charge is 0.165 e. The first-order valence-corrected chi connectivity index (χ1v) is 8.99. The Bertz CT molecular complexity index is 1130. The predicted molar refractivity (Wildman–Crippen MR) is 110 cm³/mol. The zero-order valence-corrected chi connectivity index (χ0v) is 16.3. The first-order chi connectivity index (χ1) is 13.0. The van der Waals surface area contributed by atoms with Crippen LogP contribution in [0.5, 0.6) is 0 Å². The summed E-state index contributed by atoms with van der Waals surface area (Å²) < 4.78 is 0.970. The quantitative estimate of drug-likeness (QED) is 0.540. The summed E-state index contributed by atoms with van der Waals surface area (Å²) in [4.78, 5) is 23.9. The van der Waals surface area contributed by atoms with E-state index in [9.17, 15) is 0 Å². The first-order valence-electron chi connectivity index (χ1n) is 8.20. The highest BCUT2D eigenvalue weighted by Gasteiger charge is 2.15. The van der Waals surface area contributed by atoms with Gasteiger partial charge in [0.15, 0.2) is 5.65 Å². The Balaban J connectivity index is 1.95. The molecule has 7 nitrogen and oxygen atoms in total. The molecule has 4 rings (SSSR count). The molecule has 0 aliphatic carbocycles. The van der Waals surface area contributed by atoms with Gasteiger partial charge in [0.05, 0.1) is 23.5 Å². The molecule has 0 saturated heterocycles. The van der Waals surface area contributed by atoms with Gasteiger partial charge in [-0.3, -0.25) is 0 Å². The van der Waals surface area contributed by atoms with Crippen LogP contribution in [0.4, 0.5) is 11.6 Å². The number of halogens is 1. The van der Waals surface area contributed by atoms with Gasteiger partial charge in [0.25, 0.3) is 0 Å². The zero-order valence-electron chi connectivity index (χ0n) is 14.8. The van der Waals surface area contributed by atoms with E-state index >= 15 is 0 Å². The highest BCUT2D eigenvalue weighted by Crippen LogP contribution is 2.34. The summed E-state index contributed by atoms with van der Waals surface area (Å²) >= 11 is 3.52. The molecule has 27 heavy (non-hydrogen) atoms. The van der Waals surface area contributed by atoms with Gasteiger partial charge in [0.1, 0.15) is 23.7 Å². The lowest BCUT2D eigenvalue weighted by Crippen LogP contribution is -2.10. The Morgan fingerprint density at radius 1 is 0.963 bits per heavy atom. The molecule has 0 unspecified atom stereocenters. The van der Waals surface area contributed by atoms with Crippen LogP contribution in [0.15, 0.2) is 53.5 Å². The molecule has 1 aromatic carbocycles. The maximum atomic E-state index is 6.14. The Hall–Kier alpha value is -3.13. The molecule has 0 atom stereocenters. The molecule has 3 aromatic heterocycles. The molecule has 3 heterocycles. The van der Waals surface area contributed by atoms with Gasteiger partial charge in [-0.2, -0.15) is 0 Å². The zero-order chi connectivity index (χ0) is 19.0. The van der Waals surface area contributed by atoms with E-state index in [1.165, 1.54) is 6.33 Å². The second-order valence-corrected chi connectivity index (χ2v) is 7.09. The van der Waals surface area contributed by atoms with Crippen LogP contribution in [0, 0.1) is 0 Å². The van der Waals surface area contributed by atoms with Crippen molar-refractivity contribution in [1.82, 2.24) is 24.9 Å². The fourth-order valence-electron chi connectivity index (χ4n) is 2.79. The molecule has 0 radical (unpaired) electrons. The molecule has 0 spiro atoms. The van der Waals surface area contributed by atoms with Crippen LogP contribution in [0.3, 0.4) is 0 Å². The number of hydrogen-bond donors (Lipinski definition) is 1. The van der Waals surface area contributed by atoms with E-state index in [-0.39, 0.29) is 0 Å². The van der Waals surface area contributed by atoms with E-state index in [1.54, 1.807) is 12.4 Å². The number of hydrogen-bond acceptors (Lipinski definition) is 7. The lowest BCUT2D eigenvalue weighted by atomic mass is 10.0. The summed E-state index contributed by atoms with van der Waals surface area (Å²) in [6.07, 6.45) is 4.84. The number of aromatic nitrogens is 5. The van der Waals surface area contributed by atoms with Crippen LogP contribution < -0.4 is 10.6 Å². The van der Waals surface area contributed by atoms with E-state index < -0.39 is 0 Å². The second-order valence-electron chi connectivity index (χ2n) is 6.18. The number of anilines is 2. The molecule has 0 aliphatic heterocycles. The van der Waals surface area contributed by atoms with Crippen LogP contribution in [0.1, 0.15) is 0 Å². The van der Waals surface area contributed by atoms with E-state index in [1.807, 2.05) is 49.3 Å². The van der Waals surface area contributed by atoms with Gasteiger partial charge in [0, 0.05) is 18.6 Å². The molecule has 0 aliphatic rings. The fourth-order valence-corrected chi connectivity index (χ4v) is 3.19. The molecule has 0 bridgehead atoms. The van der Waals surface area contributed by atoms with E-state index in [0.717, 1.165) is 26.8 Å². The van der Waals surface area contributed by atoms with Crippen LogP contribution in [0.25, 0.3) is 33.5 Å². The summed E-state index contributed by atoms with van der Waals surface area (Å²) in [6.45, 7) is 0. The van der Waals surface area contributed by atoms with Crippen molar-refractivity contribution in [3.63, 3.8) is 0 Å². The molecular weight excluding hydrogens is 406 g/mol. The third-order valence-corrected chi connectivity index (χ3v) is 4.62. The normalized spacial score (nSPS) is 10.9. The molecule has 4 aromatic rings. The molecule has 134 valence electrons. The molecule has 0 amide bonds. The highest BCUT2D eigenvalue weighted by atomic mass is 79.9. The summed E-state index contributed by atoms with van der Waals surface area (Å²) in [5, 5.41) is 0.720. The Labute approximate surface area is 164 Å². The SMILES string of the molecule is CN(C)c1cnc(-c2cc(-c3cccc(Br)c3)c3c(N)ncnc3n2)cn1. The maximum absolute atomic E-state index is 6.14. The molecule has 8 heteroatoms. The minimum absolute atomic E-state index is 0.392. The Morgan fingerprint density at radius 2 is 1.81 bits per heavy atom. The van der Waals surface area contributed by atoms with E-state index in [0.29, 0.717) is 22.9 Å². The lowest BCUT2D eigenvalue weighted by Gasteiger charge is -2.12. The average Bonchev–Trinajstić information content (AvgIpc) is 2.67. The number of fused-ring (bicyclic) bond motifs is 1. The summed E-state index contributed by atoms with van der Waals surface area (Å²) in [7, 11) is 3.84. The van der Waals surface area contributed by atoms with Crippen LogP contribution in [0.2, 0.25) is 0 Å². The fraction of sp³-hybridized carbons (Fsp3) is 0.105. The lowest BCUT2D eigenvalue weighted by molar-refractivity contribution is 1.04. The van der Waals surface area contributed by atoms with Crippen molar-refractivity contribution >= 4 is 38.6 Å². The van der Waals surface area contributed by atoms with E-state index in [4.69, 9.17) is 5.73 Å². The number of pyridine rings is 1. The number of nitrogens with two attached hydrogens (primary N) is 1. The van der Waals surface area contributed by atoms with Crippen molar-refractivity contribution in [2.24, 2.45) is 0 Å². The van der Waals surface area contributed by atoms with Gasteiger partial charge in [-0.05, 0) is 29.3 Å². The monoisotopic (exact) mass is 421 g/mol. The minimum Gasteiger partial charge on any atom is -0.383 e. The van der Waals surface area contributed by atoms with Gasteiger partial charge >= 0.3 is 0 Å². The second kappa shape index (κ2) is 6.88.